The summed E-state index contributed by atoms with van der Waals surface area (Å²) in [5.74, 6) is -12.6. The van der Waals surface area contributed by atoms with Crippen LogP contribution in [0.15, 0.2) is 116 Å². The highest BCUT2D eigenvalue weighted by Gasteiger charge is 2.36. The Kier molecular flexibility index (Phi) is 27.9. The van der Waals surface area contributed by atoms with E-state index < -0.39 is 151 Å². The number of nitrogens with two attached hydrogens (primary N) is 5. The minimum atomic E-state index is -1.91. The van der Waals surface area contributed by atoms with Gasteiger partial charge in [-0.3, -0.25) is 62.9 Å². The van der Waals surface area contributed by atoms with E-state index in [-0.39, 0.29) is 69.1 Å². The average molecular weight is 1340 g/mol. The minimum Gasteiger partial charge on any atom is -0.508 e. The normalized spacial score (nSPS) is 13.9. The molecule has 0 unspecified atom stereocenters. The number of primary amides is 3. The van der Waals surface area contributed by atoms with Crippen molar-refractivity contribution in [3.8, 4) is 5.75 Å². The Balaban J connectivity index is 1.14. The molecule has 25 N–H and O–H groups in total. The van der Waals surface area contributed by atoms with Gasteiger partial charge in [0.05, 0.1) is 32.0 Å². The maximum Gasteiger partial charge on any atom is 0.245 e. The lowest BCUT2D eigenvalue weighted by molar-refractivity contribution is -0.136. The van der Waals surface area contributed by atoms with Crippen molar-refractivity contribution in [2.75, 3.05) is 19.7 Å². The predicted molar refractivity (Wildman–Crippen MR) is 355 cm³/mol. The number of aromatic amines is 2. The second kappa shape index (κ2) is 36.3. The molecule has 0 aliphatic carbocycles. The first-order chi connectivity index (χ1) is 46.2. The molecule has 32 heteroatoms. The van der Waals surface area contributed by atoms with E-state index in [4.69, 9.17) is 34.1 Å². The van der Waals surface area contributed by atoms with Crippen molar-refractivity contribution < 1.29 is 67.7 Å². The number of para-hydroxylation sites is 2. The van der Waals surface area contributed by atoms with Crippen LogP contribution in [0.25, 0.3) is 21.8 Å². The van der Waals surface area contributed by atoms with Crippen LogP contribution < -0.4 is 81.8 Å². The molecule has 0 bridgehead atoms. The molecule has 0 radical (unpaired) electrons. The third kappa shape index (κ3) is 23.5. The van der Waals surface area contributed by atoms with Gasteiger partial charge in [0.2, 0.25) is 70.9 Å². The Morgan fingerprint density at radius 2 is 0.918 bits per heavy atom. The Hall–Kier alpha value is -11.4. The highest BCUT2D eigenvalue weighted by atomic mass is 16.3. The fraction of sp³-hybridized carbons (Fsp3) is 0.369. The predicted octanol–water partition coefficient (Wildman–Crippen LogP) is -3.51. The zero-order chi connectivity index (χ0) is 70.9. The fourth-order valence-electron chi connectivity index (χ4n) is 10.5. The number of carbonyl (C=O) groups is 12. The van der Waals surface area contributed by atoms with Gasteiger partial charge in [-0.2, -0.15) is 0 Å². The standard InChI is InChI=1S/C65H84N18O14/c1-34(2)23-47(60(93)77-45(17-10-22-72-65(70)71)59(92)78-46(56(69)89)26-37-30-73-43-15-8-6-13-40(37)43)76-55(88)32-75-58(91)48(25-35-11-4-3-5-12-35)80-64(97)52(33-84)83-63(96)51(29-54(68)87)82-61(94)49(27-38-31-74-44-16-9-7-14-41(38)44)81-62(95)50(28-53(67)86)79-57(90)42(66)24-36-18-20-39(85)21-19-36/h3-9,11-16,18-21,30-31,34,42,45-52,73-74,84-85H,10,17,22-29,32-33,66H2,1-2H3,(H2,67,86)(H2,68,87)(H2,69,89)(H,75,91)(H,76,88)(H,77,93)(H,78,92)(H,79,90)(H,80,97)(H,81,95)(H,82,94)(H,83,96)(H4,70,71,72)/t42-,45-,46-,47-,48-,49-,50-,51-,52-/m0/s1. The Morgan fingerprint density at radius 3 is 1.45 bits per heavy atom. The van der Waals surface area contributed by atoms with E-state index in [2.05, 4.69) is 63.1 Å². The number of aliphatic hydroxyl groups is 1. The van der Waals surface area contributed by atoms with E-state index >= 15 is 0 Å². The molecule has 0 aliphatic rings. The highest BCUT2D eigenvalue weighted by molar-refractivity contribution is 6.00. The number of H-pyrrole nitrogens is 2. The second-order valence-corrected chi connectivity index (χ2v) is 23.6. The van der Waals surface area contributed by atoms with Gasteiger partial charge in [-0.25, -0.2) is 0 Å². The van der Waals surface area contributed by atoms with Crippen molar-refractivity contribution >= 4 is 98.7 Å². The van der Waals surface area contributed by atoms with E-state index in [9.17, 15) is 67.7 Å². The van der Waals surface area contributed by atoms with Gasteiger partial charge in [0, 0.05) is 60.0 Å². The molecule has 6 rings (SSSR count). The molecule has 0 saturated carbocycles. The van der Waals surface area contributed by atoms with Crippen LogP contribution in [0.1, 0.15) is 68.2 Å². The van der Waals surface area contributed by atoms with Gasteiger partial charge in [-0.05, 0) is 78.1 Å². The number of aromatic hydroxyl groups is 1. The average Bonchev–Trinajstić information content (AvgIpc) is 1.81. The summed E-state index contributed by atoms with van der Waals surface area (Å²) in [4.78, 5) is 170. The first kappa shape index (κ1) is 74.6. The second-order valence-electron chi connectivity index (χ2n) is 23.6. The van der Waals surface area contributed by atoms with Gasteiger partial charge >= 0.3 is 0 Å². The number of aromatic nitrogens is 2. The number of rotatable bonds is 38. The Morgan fingerprint density at radius 1 is 0.474 bits per heavy atom. The Labute approximate surface area is 556 Å². The van der Waals surface area contributed by atoms with Crippen molar-refractivity contribution in [2.45, 2.75) is 126 Å². The van der Waals surface area contributed by atoms with Crippen molar-refractivity contribution in [3.05, 3.63) is 138 Å². The zero-order valence-electron chi connectivity index (χ0n) is 53.4. The SMILES string of the molecule is CC(C)C[C@H](NC(=O)CNC(=O)[C@H](Cc1ccccc1)NC(=O)[C@H](CO)NC(=O)[C@H](CC(N)=O)NC(=O)[C@H](Cc1c[nH]c2ccccc12)NC(=O)[C@H](CC(N)=O)NC(=O)[C@@H](N)Cc1ccc(O)cc1)C(=O)N[C@@H](CCCNC(=N)N)C(=O)N[C@@H](Cc1c[nH]c2ccccc12)C(N)=O. The van der Waals surface area contributed by atoms with E-state index in [0.717, 1.165) is 10.9 Å². The first-order valence-electron chi connectivity index (χ1n) is 31.1. The molecule has 4 aromatic carbocycles. The summed E-state index contributed by atoms with van der Waals surface area (Å²) in [6.07, 6.45) is 1.16. The molecule has 0 saturated heterocycles. The minimum absolute atomic E-state index is 0.00392. The molecular weight excluding hydrogens is 1260 g/mol. The monoisotopic (exact) mass is 1340 g/mol. The van der Waals surface area contributed by atoms with Crippen molar-refractivity contribution in [2.24, 2.45) is 34.6 Å². The molecule has 0 aliphatic heterocycles. The van der Waals surface area contributed by atoms with Crippen LogP contribution >= 0.6 is 0 Å². The molecule has 32 nitrogen and oxygen atoms in total. The summed E-state index contributed by atoms with van der Waals surface area (Å²) in [5, 5.41) is 54.1. The van der Waals surface area contributed by atoms with Gasteiger partial charge in [0.25, 0.3) is 0 Å². The van der Waals surface area contributed by atoms with Crippen molar-refractivity contribution in [3.63, 3.8) is 0 Å². The van der Waals surface area contributed by atoms with Gasteiger partial charge in [0.1, 0.15) is 54.1 Å². The van der Waals surface area contributed by atoms with E-state index in [1.807, 2.05) is 24.3 Å². The van der Waals surface area contributed by atoms with Crippen LogP contribution in [0.3, 0.4) is 0 Å². The number of phenolic OH excluding ortho intramolecular Hbond substituents is 1. The van der Waals surface area contributed by atoms with Gasteiger partial charge in [0.15, 0.2) is 5.96 Å². The molecule has 2 heterocycles. The summed E-state index contributed by atoms with van der Waals surface area (Å²) in [7, 11) is 0. The van der Waals surface area contributed by atoms with Crippen molar-refractivity contribution in [1.82, 2.24) is 63.1 Å². The molecule has 12 amide bonds. The summed E-state index contributed by atoms with van der Waals surface area (Å²) in [5.41, 5.74) is 32.0. The van der Waals surface area contributed by atoms with Crippen LogP contribution in [-0.2, 0) is 83.2 Å². The smallest absolute Gasteiger partial charge is 0.245 e. The number of benzene rings is 4. The topological polar surface area (TPSA) is 551 Å². The quantitative estimate of drug-likeness (QED) is 0.0102. The maximum absolute atomic E-state index is 14.5. The van der Waals surface area contributed by atoms with Crippen molar-refractivity contribution in [1.29, 1.82) is 5.41 Å². The third-order valence-corrected chi connectivity index (χ3v) is 15.4. The number of guanidine groups is 1. The maximum atomic E-state index is 14.5. The van der Waals surface area contributed by atoms with Gasteiger partial charge < -0.3 is 102 Å². The highest BCUT2D eigenvalue weighted by Crippen LogP contribution is 2.22. The van der Waals surface area contributed by atoms with Gasteiger partial charge in [-0.1, -0.05) is 92.7 Å². The lowest BCUT2D eigenvalue weighted by Crippen LogP contribution is -2.61. The number of fused-ring (bicyclic) bond motifs is 2. The zero-order valence-corrected chi connectivity index (χ0v) is 53.4. The molecule has 97 heavy (non-hydrogen) atoms. The van der Waals surface area contributed by atoms with Crippen LogP contribution in [-0.4, -0.2) is 171 Å². The Bertz CT molecular complexity index is 3790. The van der Waals surface area contributed by atoms with Crippen LogP contribution in [0.2, 0.25) is 0 Å². The number of phenols is 1. The first-order valence-corrected chi connectivity index (χ1v) is 31.1. The van der Waals surface area contributed by atoms with Gasteiger partial charge in [-0.15, -0.1) is 0 Å². The molecular formula is C65H84N18O14. The summed E-state index contributed by atoms with van der Waals surface area (Å²) in [6.45, 7) is 1.76. The lowest BCUT2D eigenvalue weighted by Gasteiger charge is -2.27. The third-order valence-electron chi connectivity index (χ3n) is 15.4. The molecule has 0 fully saturated rings. The molecule has 6 aromatic rings. The molecule has 9 atom stereocenters. The molecule has 0 spiro atoms. The fourth-order valence-corrected chi connectivity index (χ4v) is 10.5. The van der Waals surface area contributed by atoms with E-state index in [1.165, 1.54) is 24.3 Å². The molecule has 2 aromatic heterocycles. The summed E-state index contributed by atoms with van der Waals surface area (Å²) < 4.78 is 0. The summed E-state index contributed by atoms with van der Waals surface area (Å²) >= 11 is 0. The summed E-state index contributed by atoms with van der Waals surface area (Å²) in [6, 6.07) is 14.4. The van der Waals surface area contributed by atoms with Crippen LogP contribution in [0.4, 0.5) is 0 Å². The number of hydrogen-bond acceptors (Lipinski definition) is 16. The number of amides is 12. The largest absolute Gasteiger partial charge is 0.508 e. The van der Waals surface area contributed by atoms with Crippen LogP contribution in [0, 0.1) is 11.3 Å². The number of aliphatic hydroxyl groups excluding tert-OH is 1. The van der Waals surface area contributed by atoms with E-state index in [1.54, 1.807) is 80.8 Å². The number of nitrogens with one attached hydrogen (secondary N) is 13. The van der Waals surface area contributed by atoms with E-state index in [0.29, 0.717) is 33.2 Å². The number of carbonyl (C=O) groups excluding carboxylic acids is 12. The molecule has 518 valence electrons. The number of hydrogen-bond donors (Lipinski definition) is 20. The lowest BCUT2D eigenvalue weighted by atomic mass is 10.0. The van der Waals surface area contributed by atoms with Crippen LogP contribution in [0.5, 0.6) is 5.75 Å².